The van der Waals surface area contributed by atoms with Crippen LogP contribution >= 0.6 is 23.8 Å². The van der Waals surface area contributed by atoms with Crippen LogP contribution in [0.1, 0.15) is 19.4 Å². The molecule has 0 radical (unpaired) electrons. The molecular weight excluding hydrogens is 288 g/mol. The van der Waals surface area contributed by atoms with E-state index in [1.807, 2.05) is 26.0 Å². The lowest BCUT2D eigenvalue weighted by atomic mass is 10.2. The average Bonchev–Trinajstić information content (AvgIpc) is 2.33. The van der Waals surface area contributed by atoms with E-state index in [2.05, 4.69) is 10.2 Å². The number of benzene rings is 1. The van der Waals surface area contributed by atoms with Crippen molar-refractivity contribution in [3.63, 3.8) is 0 Å². The number of carbonyl (C=O) groups is 1. The van der Waals surface area contributed by atoms with Gasteiger partial charge in [-0.25, -0.2) is 4.79 Å². The first-order valence-corrected chi connectivity index (χ1v) is 6.42. The fourth-order valence-corrected chi connectivity index (χ4v) is 1.77. The Hall–Kier alpha value is -1.37. The van der Waals surface area contributed by atoms with Gasteiger partial charge in [0.05, 0.1) is 0 Å². The summed E-state index contributed by atoms with van der Waals surface area (Å²) < 4.78 is 0. The van der Waals surface area contributed by atoms with E-state index < -0.39 is 5.97 Å². The SMILES string of the molecule is CCN(OOC(C)=O)C(=S)Nc1ccc(Cl)cc1C. The molecule has 0 aliphatic rings. The van der Waals surface area contributed by atoms with E-state index in [4.69, 9.17) is 28.8 Å². The summed E-state index contributed by atoms with van der Waals surface area (Å²) in [7, 11) is 0. The van der Waals surface area contributed by atoms with Gasteiger partial charge in [0.15, 0.2) is 0 Å². The van der Waals surface area contributed by atoms with Gasteiger partial charge in [0, 0.05) is 24.2 Å². The third-order valence-corrected chi connectivity index (χ3v) is 2.73. The van der Waals surface area contributed by atoms with Crippen molar-refractivity contribution in [3.8, 4) is 0 Å². The van der Waals surface area contributed by atoms with Crippen molar-refractivity contribution in [1.29, 1.82) is 0 Å². The van der Waals surface area contributed by atoms with Gasteiger partial charge in [0.2, 0.25) is 5.11 Å². The van der Waals surface area contributed by atoms with Gasteiger partial charge in [-0.05, 0) is 49.8 Å². The molecular formula is C12H15ClN2O3S. The third kappa shape index (κ3) is 5.02. The molecule has 0 saturated carbocycles. The summed E-state index contributed by atoms with van der Waals surface area (Å²) in [6.07, 6.45) is 0. The average molecular weight is 303 g/mol. The van der Waals surface area contributed by atoms with Gasteiger partial charge in [-0.2, -0.15) is 5.06 Å². The maximum absolute atomic E-state index is 10.7. The largest absolute Gasteiger partial charge is 0.342 e. The van der Waals surface area contributed by atoms with Crippen molar-refractivity contribution in [2.45, 2.75) is 20.8 Å². The quantitative estimate of drug-likeness (QED) is 0.524. The minimum atomic E-state index is -0.552. The second-order valence-corrected chi connectivity index (χ2v) is 4.56. The molecule has 0 aliphatic carbocycles. The lowest BCUT2D eigenvalue weighted by molar-refractivity contribution is -0.368. The van der Waals surface area contributed by atoms with Crippen LogP contribution < -0.4 is 5.32 Å². The van der Waals surface area contributed by atoms with Crippen molar-refractivity contribution in [2.75, 3.05) is 11.9 Å². The molecule has 1 N–H and O–H groups in total. The highest BCUT2D eigenvalue weighted by atomic mass is 35.5. The first-order valence-electron chi connectivity index (χ1n) is 5.64. The van der Waals surface area contributed by atoms with Crippen molar-refractivity contribution < 1.29 is 14.7 Å². The second kappa shape index (κ2) is 7.28. The number of halogens is 1. The highest BCUT2D eigenvalue weighted by molar-refractivity contribution is 7.80. The molecule has 5 nitrogen and oxygen atoms in total. The first-order chi connectivity index (χ1) is 8.93. The van der Waals surface area contributed by atoms with Gasteiger partial charge < -0.3 is 5.32 Å². The highest BCUT2D eigenvalue weighted by Crippen LogP contribution is 2.20. The fraction of sp³-hybridized carbons (Fsp3) is 0.333. The first kappa shape index (κ1) is 15.7. The number of hydrogen-bond donors (Lipinski definition) is 1. The minimum absolute atomic E-state index is 0.286. The zero-order valence-electron chi connectivity index (χ0n) is 10.9. The van der Waals surface area contributed by atoms with E-state index in [0.717, 1.165) is 11.3 Å². The van der Waals surface area contributed by atoms with Gasteiger partial charge >= 0.3 is 5.97 Å². The van der Waals surface area contributed by atoms with E-state index in [-0.39, 0.29) is 5.11 Å². The number of thiocarbonyl (C=S) groups is 1. The smallest absolute Gasteiger partial charge is 0.331 e. The normalized spacial score (nSPS) is 9.89. The molecule has 0 unspecified atom stereocenters. The monoisotopic (exact) mass is 302 g/mol. The summed E-state index contributed by atoms with van der Waals surface area (Å²) in [6.45, 7) is 5.38. The van der Waals surface area contributed by atoms with Crippen molar-refractivity contribution in [2.24, 2.45) is 0 Å². The molecule has 0 aliphatic heterocycles. The van der Waals surface area contributed by atoms with Crippen molar-refractivity contribution in [3.05, 3.63) is 28.8 Å². The second-order valence-electron chi connectivity index (χ2n) is 3.73. The molecule has 0 atom stereocenters. The van der Waals surface area contributed by atoms with Crippen LogP contribution in [0.5, 0.6) is 0 Å². The summed E-state index contributed by atoms with van der Waals surface area (Å²) in [5, 5.41) is 5.19. The zero-order chi connectivity index (χ0) is 14.4. The Labute approximate surface area is 122 Å². The molecule has 1 aromatic rings. The molecule has 104 valence electrons. The molecule has 1 aromatic carbocycles. The lowest BCUT2D eigenvalue weighted by Crippen LogP contribution is -2.35. The van der Waals surface area contributed by atoms with Crippen molar-refractivity contribution >= 4 is 40.6 Å². The van der Waals surface area contributed by atoms with E-state index in [9.17, 15) is 4.79 Å². The van der Waals surface area contributed by atoms with Crippen LogP contribution in [0.3, 0.4) is 0 Å². The molecule has 0 aromatic heterocycles. The lowest BCUT2D eigenvalue weighted by Gasteiger charge is -2.21. The molecule has 0 fully saturated rings. The summed E-state index contributed by atoms with van der Waals surface area (Å²) in [5.74, 6) is -0.552. The number of anilines is 1. The van der Waals surface area contributed by atoms with Crippen LogP contribution in [-0.2, 0) is 14.7 Å². The van der Waals surface area contributed by atoms with Gasteiger partial charge in [0.1, 0.15) is 0 Å². The van der Waals surface area contributed by atoms with Gasteiger partial charge in [-0.1, -0.05) is 16.6 Å². The van der Waals surface area contributed by atoms with E-state index >= 15 is 0 Å². The number of aryl methyl sites for hydroxylation is 1. The Bertz CT molecular complexity index is 482. The molecule has 0 spiro atoms. The topological polar surface area (TPSA) is 50.8 Å². The van der Waals surface area contributed by atoms with E-state index in [1.165, 1.54) is 12.0 Å². The molecule has 0 heterocycles. The zero-order valence-corrected chi connectivity index (χ0v) is 12.5. The molecule has 7 heteroatoms. The standard InChI is InChI=1S/C12H15ClN2O3S/c1-4-15(18-17-9(3)16)12(19)14-11-6-5-10(13)7-8(11)2/h5-7H,4H2,1-3H3,(H,14,19). The summed E-state index contributed by atoms with van der Waals surface area (Å²) in [6, 6.07) is 5.38. The molecule has 0 saturated heterocycles. The Kier molecular flexibility index (Phi) is 6.01. The number of hydrogen-bond acceptors (Lipinski definition) is 4. The molecule has 0 amide bonds. The Morgan fingerprint density at radius 1 is 1.53 bits per heavy atom. The Balaban J connectivity index is 2.68. The molecule has 19 heavy (non-hydrogen) atoms. The summed E-state index contributed by atoms with van der Waals surface area (Å²) in [4.78, 5) is 19.9. The number of nitrogens with one attached hydrogen (secondary N) is 1. The molecule has 1 rings (SSSR count). The van der Waals surface area contributed by atoms with Crippen LogP contribution in [0.2, 0.25) is 5.02 Å². The van der Waals surface area contributed by atoms with E-state index in [0.29, 0.717) is 11.6 Å². The van der Waals surface area contributed by atoms with Gasteiger partial charge in [0.25, 0.3) is 0 Å². The number of hydroxylamine groups is 2. The van der Waals surface area contributed by atoms with Gasteiger partial charge in [-0.15, -0.1) is 0 Å². The minimum Gasteiger partial charge on any atom is -0.331 e. The fourth-order valence-electron chi connectivity index (χ4n) is 1.27. The predicted octanol–water partition coefficient (Wildman–Crippen LogP) is 3.08. The maximum atomic E-state index is 10.7. The van der Waals surface area contributed by atoms with Crippen LogP contribution in [0.15, 0.2) is 18.2 Å². The van der Waals surface area contributed by atoms with Crippen LogP contribution in [-0.4, -0.2) is 22.7 Å². The van der Waals surface area contributed by atoms with Crippen LogP contribution in [0.25, 0.3) is 0 Å². The predicted molar refractivity (Wildman–Crippen MR) is 77.6 cm³/mol. The Morgan fingerprint density at radius 3 is 2.74 bits per heavy atom. The van der Waals surface area contributed by atoms with Gasteiger partial charge in [-0.3, -0.25) is 4.89 Å². The maximum Gasteiger partial charge on any atom is 0.342 e. The third-order valence-electron chi connectivity index (χ3n) is 2.19. The summed E-state index contributed by atoms with van der Waals surface area (Å²) >= 11 is 11.0. The number of rotatable bonds is 4. The number of carbonyl (C=O) groups excluding carboxylic acids is 1. The van der Waals surface area contributed by atoms with Crippen molar-refractivity contribution in [1.82, 2.24) is 5.06 Å². The van der Waals surface area contributed by atoms with Crippen LogP contribution in [0, 0.1) is 6.92 Å². The number of nitrogens with zero attached hydrogens (tertiary/aromatic N) is 1. The van der Waals surface area contributed by atoms with Crippen LogP contribution in [0.4, 0.5) is 5.69 Å². The highest BCUT2D eigenvalue weighted by Gasteiger charge is 2.12. The summed E-state index contributed by atoms with van der Waals surface area (Å²) in [5.41, 5.74) is 1.75. The Morgan fingerprint density at radius 2 is 2.21 bits per heavy atom. The van der Waals surface area contributed by atoms with E-state index in [1.54, 1.807) is 6.07 Å². The molecule has 0 bridgehead atoms.